The summed E-state index contributed by atoms with van der Waals surface area (Å²) >= 11 is 16.5. The zero-order valence-corrected chi connectivity index (χ0v) is 26.6. The molecule has 10 nitrogen and oxygen atoms in total. The summed E-state index contributed by atoms with van der Waals surface area (Å²) in [6.07, 6.45) is -2.96. The molecule has 16 heteroatoms. The third-order valence-electron chi connectivity index (χ3n) is 7.11. The number of nitrogens with one attached hydrogen (secondary N) is 1. The maximum atomic E-state index is 13.8. The lowest BCUT2D eigenvalue weighted by Crippen LogP contribution is -2.26. The molecule has 3 N–H and O–H groups in total. The molecule has 0 aliphatic rings. The third kappa shape index (κ3) is 5.86. The van der Waals surface area contributed by atoms with Crippen molar-refractivity contribution >= 4 is 67.4 Å². The van der Waals surface area contributed by atoms with Gasteiger partial charge in [0.05, 0.1) is 32.6 Å². The van der Waals surface area contributed by atoms with Gasteiger partial charge in [-0.25, -0.2) is 9.67 Å². The molecule has 3 aromatic carbocycles. The Morgan fingerprint density at radius 3 is 2.41 bits per heavy atom. The van der Waals surface area contributed by atoms with E-state index in [0.29, 0.717) is 27.9 Å². The summed E-state index contributed by atoms with van der Waals surface area (Å²) in [7, 11) is 1.69. The fourth-order valence-electron chi connectivity index (χ4n) is 4.84. The SMILES string of the molecule is Cn1c(-c2ccc(C(F)(F)F)cc2)nn1Cc1cc(C(=O)Nc2c(C(N)=O)cc3cc(Br)ccc3c2Cl)n(-c2ncccc2Cl)n1. The standard InChI is InChI=1S/C30H20BrCl2F3N8O2/c1-42-27(15-4-6-17(7-5-15)30(34,35)36)41-43(42)14-19-13-23(44(40-19)28-22(32)3-2-10-38-28)29(46)39-25-21(26(37)45)12-16-11-18(31)8-9-20(16)24(25)33/h2-13H,14H2,1H3,(H2,37,45)(H,39,46). The average Bonchev–Trinajstić information content (AvgIpc) is 3.43. The number of pyridine rings is 1. The lowest BCUT2D eigenvalue weighted by Gasteiger charge is -2.21. The van der Waals surface area contributed by atoms with E-state index >= 15 is 0 Å². The molecule has 0 aliphatic carbocycles. The summed E-state index contributed by atoms with van der Waals surface area (Å²) in [6.45, 7) is 0.0799. The minimum atomic E-state index is -4.45. The number of halogens is 6. The van der Waals surface area contributed by atoms with Crippen LogP contribution < -0.4 is 11.1 Å². The summed E-state index contributed by atoms with van der Waals surface area (Å²) < 4.78 is 42.6. The Bertz CT molecular complexity index is 2160. The van der Waals surface area contributed by atoms with Crippen molar-refractivity contribution in [2.24, 2.45) is 12.8 Å². The highest BCUT2D eigenvalue weighted by Crippen LogP contribution is 2.36. The van der Waals surface area contributed by atoms with Crippen LogP contribution in [0.4, 0.5) is 18.9 Å². The van der Waals surface area contributed by atoms with Crippen molar-refractivity contribution in [2.45, 2.75) is 12.7 Å². The minimum absolute atomic E-state index is 0.00144. The van der Waals surface area contributed by atoms with Crippen LogP contribution in [0.25, 0.3) is 28.0 Å². The molecule has 0 spiro atoms. The van der Waals surface area contributed by atoms with Gasteiger partial charge >= 0.3 is 6.18 Å². The molecule has 46 heavy (non-hydrogen) atoms. The number of primary amides is 1. The Kier molecular flexibility index (Phi) is 8.12. The molecular weight excluding hydrogens is 712 g/mol. The lowest BCUT2D eigenvalue weighted by molar-refractivity contribution is -0.137. The number of fused-ring (bicyclic) bond motifs is 1. The van der Waals surface area contributed by atoms with Gasteiger partial charge in [0.15, 0.2) is 11.6 Å². The summed E-state index contributed by atoms with van der Waals surface area (Å²) in [5.41, 5.74) is 5.79. The molecular formula is C30H20BrCl2F3N8O2. The Hall–Kier alpha value is -4.66. The van der Waals surface area contributed by atoms with Gasteiger partial charge in [-0.05, 0) is 53.9 Å². The Morgan fingerprint density at radius 1 is 1.02 bits per heavy atom. The molecule has 2 amide bonds. The van der Waals surface area contributed by atoms with Crippen LogP contribution in [0.3, 0.4) is 0 Å². The molecule has 0 aliphatic heterocycles. The number of carbonyl (C=O) groups excluding carboxylic acids is 2. The summed E-state index contributed by atoms with van der Waals surface area (Å²) in [5.74, 6) is -0.886. The van der Waals surface area contributed by atoms with Crippen LogP contribution in [0, 0.1) is 0 Å². The maximum absolute atomic E-state index is 13.8. The van der Waals surface area contributed by atoms with Gasteiger partial charge in [-0.2, -0.15) is 23.1 Å². The highest BCUT2D eigenvalue weighted by molar-refractivity contribution is 9.10. The smallest absolute Gasteiger partial charge is 0.366 e. The van der Waals surface area contributed by atoms with Gasteiger partial charge in [0.1, 0.15) is 12.2 Å². The third-order valence-corrected chi connectivity index (χ3v) is 8.29. The predicted octanol–water partition coefficient (Wildman–Crippen LogP) is 7.11. The van der Waals surface area contributed by atoms with E-state index in [1.54, 1.807) is 42.1 Å². The van der Waals surface area contributed by atoms with Crippen molar-refractivity contribution < 1.29 is 22.8 Å². The van der Waals surface area contributed by atoms with Crippen molar-refractivity contribution in [3.8, 4) is 17.2 Å². The first kappa shape index (κ1) is 31.3. The van der Waals surface area contributed by atoms with Crippen LogP contribution >= 0.6 is 39.1 Å². The largest absolute Gasteiger partial charge is 0.416 e. The number of hydrogen-bond acceptors (Lipinski definition) is 5. The summed E-state index contributed by atoms with van der Waals surface area (Å²) in [6, 6.07) is 16.2. The number of aromatic nitrogens is 6. The van der Waals surface area contributed by atoms with Crippen molar-refractivity contribution in [1.82, 2.24) is 29.3 Å². The molecule has 3 aromatic heterocycles. The fourth-order valence-corrected chi connectivity index (χ4v) is 5.74. The molecule has 0 atom stereocenters. The van der Waals surface area contributed by atoms with E-state index in [4.69, 9.17) is 28.9 Å². The number of hydrogen-bond donors (Lipinski definition) is 2. The van der Waals surface area contributed by atoms with Crippen molar-refractivity contribution in [2.75, 3.05) is 5.32 Å². The number of rotatable bonds is 7. The van der Waals surface area contributed by atoms with E-state index < -0.39 is 23.6 Å². The number of nitrogens with zero attached hydrogens (tertiary/aromatic N) is 6. The lowest BCUT2D eigenvalue weighted by atomic mass is 10.0. The first-order chi connectivity index (χ1) is 21.8. The van der Waals surface area contributed by atoms with E-state index in [0.717, 1.165) is 16.6 Å². The molecule has 0 radical (unpaired) electrons. The number of amides is 2. The average molecular weight is 732 g/mol. The number of nitrogens with two attached hydrogens (primary N) is 1. The maximum Gasteiger partial charge on any atom is 0.416 e. The highest BCUT2D eigenvalue weighted by Gasteiger charge is 2.30. The molecule has 6 aromatic rings. The number of alkyl halides is 3. The van der Waals surface area contributed by atoms with Gasteiger partial charge in [0.25, 0.3) is 11.8 Å². The Labute approximate surface area is 276 Å². The van der Waals surface area contributed by atoms with Crippen LogP contribution in [0.1, 0.15) is 32.1 Å². The topological polar surface area (TPSA) is 126 Å². The van der Waals surface area contributed by atoms with Crippen molar-refractivity contribution in [3.05, 3.63) is 110 Å². The normalized spacial score (nSPS) is 11.7. The van der Waals surface area contributed by atoms with Crippen molar-refractivity contribution in [3.63, 3.8) is 0 Å². The van der Waals surface area contributed by atoms with Crippen LogP contribution in [0.15, 0.2) is 77.4 Å². The van der Waals surface area contributed by atoms with Gasteiger partial charge in [-0.1, -0.05) is 57.3 Å². The second kappa shape index (κ2) is 11.9. The molecule has 0 bridgehead atoms. The quantitative estimate of drug-likeness (QED) is 0.181. The number of benzene rings is 3. The minimum Gasteiger partial charge on any atom is -0.366 e. The Morgan fingerprint density at radius 2 is 1.76 bits per heavy atom. The predicted molar refractivity (Wildman–Crippen MR) is 170 cm³/mol. The summed E-state index contributed by atoms with van der Waals surface area (Å²) in [4.78, 5) is 32.0. The van der Waals surface area contributed by atoms with E-state index in [-0.39, 0.29) is 39.4 Å². The van der Waals surface area contributed by atoms with Crippen LogP contribution in [0.5, 0.6) is 0 Å². The number of anilines is 1. The zero-order chi connectivity index (χ0) is 32.9. The van der Waals surface area contributed by atoms with Crippen molar-refractivity contribution in [1.29, 1.82) is 0 Å². The first-order valence-corrected chi connectivity index (χ1v) is 14.9. The molecule has 0 fully saturated rings. The van der Waals surface area contributed by atoms with E-state index in [1.165, 1.54) is 39.9 Å². The van der Waals surface area contributed by atoms with Gasteiger partial charge in [0.2, 0.25) is 0 Å². The van der Waals surface area contributed by atoms with Crippen LogP contribution in [0.2, 0.25) is 10.0 Å². The van der Waals surface area contributed by atoms with Gasteiger partial charge < -0.3 is 11.1 Å². The zero-order valence-electron chi connectivity index (χ0n) is 23.5. The molecule has 234 valence electrons. The molecule has 6 rings (SSSR count). The molecule has 0 unspecified atom stereocenters. The molecule has 0 saturated carbocycles. The molecule has 3 heterocycles. The summed E-state index contributed by atoms with van der Waals surface area (Å²) in [5, 5.41) is 13.2. The second-order valence-electron chi connectivity index (χ2n) is 10.1. The van der Waals surface area contributed by atoms with Gasteiger partial charge in [-0.15, -0.1) is 5.10 Å². The fraction of sp³-hybridized carbons (Fsp3) is 0.100. The highest BCUT2D eigenvalue weighted by atomic mass is 79.9. The second-order valence-corrected chi connectivity index (χ2v) is 11.8. The van der Waals surface area contributed by atoms with Crippen LogP contribution in [-0.2, 0) is 19.8 Å². The van der Waals surface area contributed by atoms with E-state index in [9.17, 15) is 22.8 Å². The van der Waals surface area contributed by atoms with E-state index in [1.807, 2.05) is 0 Å². The van der Waals surface area contributed by atoms with Crippen LogP contribution in [-0.4, -0.2) is 41.2 Å². The van der Waals surface area contributed by atoms with E-state index in [2.05, 4.69) is 36.4 Å². The molecule has 0 saturated heterocycles. The van der Waals surface area contributed by atoms with Gasteiger partial charge in [0, 0.05) is 28.7 Å². The first-order valence-electron chi connectivity index (χ1n) is 13.3. The Balaban J connectivity index is 1.35. The monoisotopic (exact) mass is 730 g/mol. The number of carbonyl (C=O) groups is 2. The van der Waals surface area contributed by atoms with Gasteiger partial charge in [-0.3, -0.25) is 14.3 Å².